The van der Waals surface area contributed by atoms with Crippen molar-refractivity contribution in [2.75, 3.05) is 31.9 Å². The highest BCUT2D eigenvalue weighted by molar-refractivity contribution is 6.30. The van der Waals surface area contributed by atoms with Crippen molar-refractivity contribution in [2.24, 2.45) is 64.6 Å². The van der Waals surface area contributed by atoms with Gasteiger partial charge in [-0.3, -0.25) is 88.1 Å². The third-order valence-electron chi connectivity index (χ3n) is 27.1. The number of amides is 6. The van der Waals surface area contributed by atoms with E-state index in [1.165, 1.54) is 32.1 Å². The van der Waals surface area contributed by atoms with Gasteiger partial charge in [0, 0.05) is 96.0 Å². The standard InChI is InChI=1S/C18H26N4O.2C17H24N4O.C16H21ClN4O.C16H22N4O.C14H19ClN4O/c1-5-18(3,4)11-15(23)21-17-20-14-10-9-12(2)19-16(14)22(17)13-7-6-8-13;2*1-10(2)12(4)16(22)20-17-19-14-9-8-11(3)18-15(14)21(17)13-6-5-7-13;1-9(2)10(3)15(22)20-16-18-12-7-8-13(17)19-14(12)21(16)11-5-4-6-11;1-10(2)11(3)15(21)19-16-18-13-8-5-9-17-14(13)20(16)12-6-4-7-12;1-5-19-12-10(6-7-11(15)17-12)16-14(19)18-13(20)9(4)8(2)3/h9-10,13H,5-8,11H2,1-4H3,(H,20,21,23);2*8-10,12-13H,5-7H2,1-4H3,(H,19,20,22);7-11H,4-6H2,1-3H3,(H,18,20,22);5,8-12H,4,6-7H2,1-3H3,(H,18,19,21);6-9H,5H2,1-4H3,(H,16,18,20)/t;2*12-;10-;11-;9-/m.00000/s1. The molecule has 0 aromatic carbocycles. The smallest absolute Gasteiger partial charge is 0.229 e. The summed E-state index contributed by atoms with van der Waals surface area (Å²) in [6.45, 7) is 45.1. The van der Waals surface area contributed by atoms with Crippen molar-refractivity contribution < 1.29 is 28.8 Å². The van der Waals surface area contributed by atoms with E-state index in [2.05, 4.69) is 172 Å². The molecule has 0 bridgehead atoms. The fraction of sp³-hybridized carbons (Fsp3) is 0.571. The lowest BCUT2D eigenvalue weighted by Gasteiger charge is -2.29. The van der Waals surface area contributed by atoms with Crippen LogP contribution in [0.25, 0.3) is 67.0 Å². The van der Waals surface area contributed by atoms with E-state index in [1.807, 2.05) is 154 Å². The molecule has 0 radical (unpaired) electrons. The van der Waals surface area contributed by atoms with Gasteiger partial charge in [-0.25, -0.2) is 59.8 Å². The van der Waals surface area contributed by atoms with E-state index in [1.54, 1.807) is 24.4 Å². The Kier molecular flexibility index (Phi) is 32.5. The van der Waals surface area contributed by atoms with Crippen LogP contribution in [-0.4, -0.2) is 123 Å². The first-order valence-electron chi connectivity index (χ1n) is 47.1. The first-order chi connectivity index (χ1) is 61.8. The molecule has 12 aromatic heterocycles. The maximum atomic E-state index is 12.4. The summed E-state index contributed by atoms with van der Waals surface area (Å²) in [5.41, 5.74) is 12.8. The second-order valence-corrected chi connectivity index (χ2v) is 39.4. The molecule has 130 heavy (non-hydrogen) atoms. The highest BCUT2D eigenvalue weighted by Crippen LogP contribution is 2.43. The quantitative estimate of drug-likeness (QED) is 0.0289. The molecule has 6 amide bonds. The van der Waals surface area contributed by atoms with Crippen LogP contribution in [0, 0.1) is 85.4 Å². The van der Waals surface area contributed by atoms with E-state index in [0.717, 1.165) is 149 Å². The second-order valence-electron chi connectivity index (χ2n) is 38.7. The molecule has 5 atom stereocenters. The maximum Gasteiger partial charge on any atom is 0.229 e. The Labute approximate surface area is 773 Å². The number of pyridine rings is 6. The van der Waals surface area contributed by atoms with Crippen molar-refractivity contribution in [1.29, 1.82) is 0 Å². The minimum atomic E-state index is -0.0725. The molecule has 0 saturated heterocycles. The number of hydrogen-bond acceptors (Lipinski definition) is 18. The van der Waals surface area contributed by atoms with Gasteiger partial charge in [0.1, 0.15) is 43.4 Å². The van der Waals surface area contributed by atoms with Gasteiger partial charge in [0.25, 0.3) is 0 Å². The number of carbonyl (C=O) groups excluding carboxylic acids is 6. The van der Waals surface area contributed by atoms with E-state index < -0.39 is 0 Å². The summed E-state index contributed by atoms with van der Waals surface area (Å²) in [6.07, 6.45) is 20.6. The molecule has 0 unspecified atom stereocenters. The van der Waals surface area contributed by atoms with Crippen molar-refractivity contribution in [3.05, 3.63) is 106 Å². The lowest BCUT2D eigenvalue weighted by molar-refractivity contribution is -0.121. The summed E-state index contributed by atoms with van der Waals surface area (Å²) < 4.78 is 12.4. The number of nitrogens with one attached hydrogen (secondary N) is 6. The van der Waals surface area contributed by atoms with E-state index in [-0.39, 0.29) is 82.3 Å². The van der Waals surface area contributed by atoms with Crippen molar-refractivity contribution >= 4 is 161 Å². The molecule has 0 spiro atoms. The molecule has 30 nitrogen and oxygen atoms in total. The van der Waals surface area contributed by atoms with Crippen LogP contribution in [0.5, 0.6) is 0 Å². The average molecular weight is 1820 g/mol. The number of anilines is 6. The summed E-state index contributed by atoms with van der Waals surface area (Å²) in [5, 5.41) is 18.8. The van der Waals surface area contributed by atoms with Gasteiger partial charge in [-0.15, -0.1) is 0 Å². The number of rotatable bonds is 25. The zero-order valence-electron chi connectivity index (χ0n) is 80.1. The number of carbonyl (C=O) groups is 6. The van der Waals surface area contributed by atoms with Crippen molar-refractivity contribution in [2.45, 2.75) is 298 Å². The summed E-state index contributed by atoms with van der Waals surface area (Å²) in [7, 11) is 0. The van der Waals surface area contributed by atoms with Crippen molar-refractivity contribution in [3.8, 4) is 0 Å². The van der Waals surface area contributed by atoms with Crippen LogP contribution in [0.3, 0.4) is 0 Å². The topological polar surface area (TPSA) is 359 Å². The Morgan fingerprint density at radius 2 is 0.592 bits per heavy atom. The van der Waals surface area contributed by atoms with E-state index >= 15 is 0 Å². The van der Waals surface area contributed by atoms with Gasteiger partial charge >= 0.3 is 0 Å². The molecule has 5 saturated carbocycles. The minimum absolute atomic E-state index is 0.00280. The van der Waals surface area contributed by atoms with Gasteiger partial charge in [0.15, 0.2) is 33.9 Å². The predicted octanol–water partition coefficient (Wildman–Crippen LogP) is 22.4. The van der Waals surface area contributed by atoms with Gasteiger partial charge in [-0.05, 0) is 232 Å². The van der Waals surface area contributed by atoms with Gasteiger partial charge in [0.05, 0.1) is 0 Å². The van der Waals surface area contributed by atoms with Crippen LogP contribution in [0.1, 0.15) is 288 Å². The fourth-order valence-electron chi connectivity index (χ4n) is 15.2. The van der Waals surface area contributed by atoms with Crippen molar-refractivity contribution in [1.82, 2.24) is 87.2 Å². The molecule has 12 heterocycles. The number of halogens is 2. The molecule has 5 fully saturated rings. The Morgan fingerprint density at radius 1 is 0.338 bits per heavy atom. The average Bonchev–Trinajstić information content (AvgIpc) is 1.61. The first-order valence-corrected chi connectivity index (χ1v) is 47.9. The van der Waals surface area contributed by atoms with Gasteiger partial charge in [0.2, 0.25) is 71.1 Å². The van der Waals surface area contributed by atoms with Crippen LogP contribution in [0.4, 0.5) is 35.7 Å². The molecular formula is C98H136Cl2N24O6. The summed E-state index contributed by atoms with van der Waals surface area (Å²) in [5.74, 6) is 5.04. The minimum Gasteiger partial charge on any atom is -0.296 e. The number of nitrogens with zero attached hydrogens (tertiary/aromatic N) is 18. The number of aromatic nitrogens is 18. The van der Waals surface area contributed by atoms with E-state index in [0.29, 0.717) is 113 Å². The molecule has 0 aliphatic heterocycles. The predicted molar refractivity (Wildman–Crippen MR) is 520 cm³/mol. The van der Waals surface area contributed by atoms with Gasteiger partial charge < -0.3 is 0 Å². The number of aryl methyl sites for hydroxylation is 4. The van der Waals surface area contributed by atoms with E-state index in [9.17, 15) is 28.8 Å². The highest BCUT2D eigenvalue weighted by Gasteiger charge is 2.35. The zero-order valence-corrected chi connectivity index (χ0v) is 81.7. The molecule has 12 aromatic rings. The van der Waals surface area contributed by atoms with Crippen LogP contribution >= 0.6 is 23.2 Å². The lowest BCUT2D eigenvalue weighted by atomic mass is 9.86. The Balaban J connectivity index is 0.000000141. The van der Waals surface area contributed by atoms with Gasteiger partial charge in [-0.2, -0.15) is 0 Å². The summed E-state index contributed by atoms with van der Waals surface area (Å²) in [4.78, 5) is 128. The first kappa shape index (κ1) is 98.2. The molecular weight excluding hydrogens is 1680 g/mol. The molecule has 32 heteroatoms. The van der Waals surface area contributed by atoms with Gasteiger partial charge in [-0.1, -0.05) is 154 Å². The number of imidazole rings is 6. The summed E-state index contributed by atoms with van der Waals surface area (Å²) >= 11 is 11.9. The van der Waals surface area contributed by atoms with Crippen LogP contribution in [0.15, 0.2) is 79.0 Å². The van der Waals surface area contributed by atoms with E-state index in [4.69, 9.17) is 23.2 Å². The molecule has 6 N–H and O–H groups in total. The van der Waals surface area contributed by atoms with Crippen LogP contribution in [0.2, 0.25) is 10.3 Å². The highest BCUT2D eigenvalue weighted by atomic mass is 35.5. The zero-order chi connectivity index (χ0) is 94.0. The Morgan fingerprint density at radius 3 is 0.877 bits per heavy atom. The maximum absolute atomic E-state index is 12.4. The second kappa shape index (κ2) is 43.0. The molecule has 698 valence electrons. The van der Waals surface area contributed by atoms with Crippen LogP contribution < -0.4 is 31.9 Å². The summed E-state index contributed by atoms with van der Waals surface area (Å²) in [6, 6.07) is 24.7. The third-order valence-corrected chi connectivity index (χ3v) is 27.6. The largest absolute Gasteiger partial charge is 0.296 e. The SMILES string of the molecule is CC(C)[C@H](C)C(=O)Nc1nc2ccc(Cl)nc2n1C1CCC1.CC(C)[C@H](C)C(=O)Nc1nc2cccnc2n1C1CCC1.CCC(C)(C)CC(=O)Nc1nc2ccc(C)nc2n1C1CCC1.CCn1c(NC(=O)[C@@H](C)C(C)C)nc2ccc(Cl)nc21.Cc1ccc2nc(NC(=O)[C@@H](C)C(C)C)n(C3CCC3)c2n1.Cc1ccc2nc(NC(=O)[C@@H](C)C(C)C)n(C3CCC3)c2n1. The third kappa shape index (κ3) is 23.2. The van der Waals surface area contributed by atoms with Crippen molar-refractivity contribution in [3.63, 3.8) is 0 Å². The lowest BCUT2D eigenvalue weighted by Crippen LogP contribution is -2.27. The molecule has 5 aliphatic rings. The fourth-order valence-corrected chi connectivity index (χ4v) is 15.5. The Hall–Kier alpha value is -10.9. The molecule has 17 rings (SSSR count). The van der Waals surface area contributed by atoms with Crippen LogP contribution in [-0.2, 0) is 35.3 Å². The monoisotopic (exact) mass is 1820 g/mol. The molecule has 5 aliphatic carbocycles. The number of fused-ring (bicyclic) bond motifs is 6. The normalized spacial score (nSPS) is 16.0. The Bertz CT molecular complexity index is 5700. The number of hydrogen-bond donors (Lipinski definition) is 6.